The zero-order chi connectivity index (χ0) is 11.5. The first-order chi connectivity index (χ1) is 6.88. The van der Waals surface area contributed by atoms with Crippen molar-refractivity contribution >= 4 is 15.9 Å². The standard InChI is InChI=1S/C10H11BrF3N/c1-7-4-9(11)3-2-8(7)5-15-6-10(12,13)14/h2-4,15H,5-6H2,1H3. The number of benzene rings is 1. The second-order valence-corrected chi connectivity index (χ2v) is 4.21. The van der Waals surface area contributed by atoms with Crippen LogP contribution in [0, 0.1) is 6.92 Å². The second kappa shape index (κ2) is 4.99. The first-order valence-corrected chi connectivity index (χ1v) is 5.20. The summed E-state index contributed by atoms with van der Waals surface area (Å²) in [4.78, 5) is 0. The van der Waals surface area contributed by atoms with Crippen LogP contribution in [0.4, 0.5) is 13.2 Å². The first kappa shape index (κ1) is 12.5. The van der Waals surface area contributed by atoms with Crippen molar-refractivity contribution < 1.29 is 13.2 Å². The van der Waals surface area contributed by atoms with E-state index in [-0.39, 0.29) is 6.54 Å². The number of hydrogen-bond donors (Lipinski definition) is 1. The van der Waals surface area contributed by atoms with E-state index in [0.717, 1.165) is 15.6 Å². The van der Waals surface area contributed by atoms with Crippen LogP contribution in [-0.4, -0.2) is 12.7 Å². The van der Waals surface area contributed by atoms with Crippen LogP contribution >= 0.6 is 15.9 Å². The lowest BCUT2D eigenvalue weighted by Gasteiger charge is -2.10. The van der Waals surface area contributed by atoms with Crippen LogP contribution in [-0.2, 0) is 6.54 Å². The molecule has 84 valence electrons. The Balaban J connectivity index is 2.51. The maximum atomic E-state index is 11.9. The third-order valence-corrected chi connectivity index (χ3v) is 2.44. The minimum atomic E-state index is -4.15. The van der Waals surface area contributed by atoms with Crippen LogP contribution in [0.25, 0.3) is 0 Å². The molecule has 0 radical (unpaired) electrons. The lowest BCUT2D eigenvalue weighted by atomic mass is 10.1. The van der Waals surface area contributed by atoms with Crippen molar-refractivity contribution in [1.29, 1.82) is 0 Å². The van der Waals surface area contributed by atoms with Gasteiger partial charge >= 0.3 is 6.18 Å². The number of nitrogens with one attached hydrogen (secondary N) is 1. The third kappa shape index (κ3) is 4.66. The Morgan fingerprint density at radius 1 is 1.33 bits per heavy atom. The molecule has 0 amide bonds. The lowest BCUT2D eigenvalue weighted by molar-refractivity contribution is -0.125. The molecular weight excluding hydrogens is 271 g/mol. The van der Waals surface area contributed by atoms with E-state index in [1.165, 1.54) is 0 Å². The molecule has 0 fully saturated rings. The highest BCUT2D eigenvalue weighted by atomic mass is 79.9. The fourth-order valence-corrected chi connectivity index (χ4v) is 1.67. The highest BCUT2D eigenvalue weighted by Gasteiger charge is 2.26. The lowest BCUT2D eigenvalue weighted by Crippen LogP contribution is -2.28. The van der Waals surface area contributed by atoms with Gasteiger partial charge in [-0.2, -0.15) is 13.2 Å². The molecule has 0 saturated carbocycles. The van der Waals surface area contributed by atoms with Crippen LogP contribution in [0.1, 0.15) is 11.1 Å². The normalized spacial score (nSPS) is 11.8. The summed E-state index contributed by atoms with van der Waals surface area (Å²) in [6, 6.07) is 5.50. The van der Waals surface area contributed by atoms with E-state index in [4.69, 9.17) is 0 Å². The molecule has 15 heavy (non-hydrogen) atoms. The molecule has 0 bridgehead atoms. The Bertz CT molecular complexity index is 336. The second-order valence-electron chi connectivity index (χ2n) is 3.29. The summed E-state index contributed by atoms with van der Waals surface area (Å²) in [6.07, 6.45) is -4.15. The van der Waals surface area contributed by atoms with Gasteiger partial charge < -0.3 is 5.32 Å². The van der Waals surface area contributed by atoms with Crippen molar-refractivity contribution in [3.63, 3.8) is 0 Å². The van der Waals surface area contributed by atoms with Gasteiger partial charge in [0.25, 0.3) is 0 Å². The van der Waals surface area contributed by atoms with Gasteiger partial charge in [-0.05, 0) is 30.2 Å². The Labute approximate surface area is 94.8 Å². The van der Waals surface area contributed by atoms with Gasteiger partial charge in [-0.25, -0.2) is 0 Å². The largest absolute Gasteiger partial charge is 0.401 e. The molecule has 1 aromatic rings. The fraction of sp³-hybridized carbons (Fsp3) is 0.400. The molecule has 1 aromatic carbocycles. The molecule has 0 unspecified atom stereocenters. The maximum Gasteiger partial charge on any atom is 0.401 e. The molecular formula is C10H11BrF3N. The SMILES string of the molecule is Cc1cc(Br)ccc1CNCC(F)(F)F. The predicted molar refractivity (Wildman–Crippen MR) is 56.6 cm³/mol. The zero-order valence-electron chi connectivity index (χ0n) is 8.16. The van der Waals surface area contributed by atoms with Gasteiger partial charge in [-0.15, -0.1) is 0 Å². The third-order valence-electron chi connectivity index (χ3n) is 1.95. The van der Waals surface area contributed by atoms with Gasteiger partial charge in [0.15, 0.2) is 0 Å². The average Bonchev–Trinajstić information content (AvgIpc) is 2.07. The Hall–Kier alpha value is -0.550. The van der Waals surface area contributed by atoms with Crippen molar-refractivity contribution in [3.05, 3.63) is 33.8 Å². The minimum absolute atomic E-state index is 0.235. The van der Waals surface area contributed by atoms with E-state index in [0.29, 0.717) is 0 Å². The topological polar surface area (TPSA) is 12.0 Å². The van der Waals surface area contributed by atoms with E-state index in [1.54, 1.807) is 0 Å². The maximum absolute atomic E-state index is 11.9. The van der Waals surface area contributed by atoms with Gasteiger partial charge in [0, 0.05) is 11.0 Å². The molecule has 1 nitrogen and oxygen atoms in total. The van der Waals surface area contributed by atoms with Crippen LogP contribution in [0.2, 0.25) is 0 Å². The van der Waals surface area contributed by atoms with Crippen LogP contribution in [0.15, 0.2) is 22.7 Å². The molecule has 1 N–H and O–H groups in total. The summed E-state index contributed by atoms with van der Waals surface area (Å²) in [7, 11) is 0. The van der Waals surface area contributed by atoms with Gasteiger partial charge in [0.05, 0.1) is 6.54 Å². The van der Waals surface area contributed by atoms with Crippen molar-refractivity contribution in [1.82, 2.24) is 5.32 Å². The molecule has 0 atom stereocenters. The molecule has 0 heterocycles. The fourth-order valence-electron chi connectivity index (χ4n) is 1.20. The van der Waals surface area contributed by atoms with E-state index in [1.807, 2.05) is 25.1 Å². The van der Waals surface area contributed by atoms with Crippen molar-refractivity contribution in [2.24, 2.45) is 0 Å². The van der Waals surface area contributed by atoms with E-state index in [2.05, 4.69) is 21.2 Å². The number of alkyl halides is 3. The molecule has 0 aliphatic rings. The smallest absolute Gasteiger partial charge is 0.305 e. The number of halogens is 4. The molecule has 0 aliphatic carbocycles. The van der Waals surface area contributed by atoms with Crippen LogP contribution in [0.5, 0.6) is 0 Å². The Morgan fingerprint density at radius 3 is 2.53 bits per heavy atom. The summed E-state index contributed by atoms with van der Waals surface area (Å²) in [5, 5.41) is 2.36. The number of hydrogen-bond acceptors (Lipinski definition) is 1. The quantitative estimate of drug-likeness (QED) is 0.895. The molecule has 0 spiro atoms. The van der Waals surface area contributed by atoms with Crippen LogP contribution < -0.4 is 5.32 Å². The zero-order valence-corrected chi connectivity index (χ0v) is 9.74. The summed E-state index contributed by atoms with van der Waals surface area (Å²) < 4.78 is 36.5. The summed E-state index contributed by atoms with van der Waals surface area (Å²) in [5.74, 6) is 0. The molecule has 5 heteroatoms. The monoisotopic (exact) mass is 281 g/mol. The molecule has 0 aromatic heterocycles. The van der Waals surface area contributed by atoms with Crippen molar-refractivity contribution in [2.45, 2.75) is 19.6 Å². The van der Waals surface area contributed by atoms with Crippen molar-refractivity contribution in [3.8, 4) is 0 Å². The summed E-state index contributed by atoms with van der Waals surface area (Å²) in [5.41, 5.74) is 1.85. The van der Waals surface area contributed by atoms with Gasteiger partial charge in [-0.3, -0.25) is 0 Å². The minimum Gasteiger partial charge on any atom is -0.305 e. The summed E-state index contributed by atoms with van der Waals surface area (Å²) >= 11 is 3.30. The van der Waals surface area contributed by atoms with Gasteiger partial charge in [0.2, 0.25) is 0 Å². The van der Waals surface area contributed by atoms with E-state index >= 15 is 0 Å². The summed E-state index contributed by atoms with van der Waals surface area (Å²) in [6.45, 7) is 1.15. The Morgan fingerprint density at radius 2 is 2.00 bits per heavy atom. The van der Waals surface area contributed by atoms with Gasteiger partial charge in [-0.1, -0.05) is 22.0 Å². The first-order valence-electron chi connectivity index (χ1n) is 4.41. The number of rotatable bonds is 3. The molecule has 0 saturated heterocycles. The number of aryl methyl sites for hydroxylation is 1. The highest BCUT2D eigenvalue weighted by molar-refractivity contribution is 9.10. The van der Waals surface area contributed by atoms with Crippen LogP contribution in [0.3, 0.4) is 0 Å². The van der Waals surface area contributed by atoms with Crippen molar-refractivity contribution in [2.75, 3.05) is 6.54 Å². The van der Waals surface area contributed by atoms with Gasteiger partial charge in [0.1, 0.15) is 0 Å². The predicted octanol–water partition coefficient (Wildman–Crippen LogP) is 3.41. The average molecular weight is 282 g/mol. The molecule has 0 aliphatic heterocycles. The Kier molecular flexibility index (Phi) is 4.16. The van der Waals surface area contributed by atoms with E-state index in [9.17, 15) is 13.2 Å². The highest BCUT2D eigenvalue weighted by Crippen LogP contribution is 2.16. The van der Waals surface area contributed by atoms with E-state index < -0.39 is 12.7 Å². The molecule has 1 rings (SSSR count).